The van der Waals surface area contributed by atoms with Crippen molar-refractivity contribution in [2.75, 3.05) is 13.1 Å². The predicted molar refractivity (Wildman–Crippen MR) is 77.2 cm³/mol. The van der Waals surface area contributed by atoms with Crippen LogP contribution in [-0.2, 0) is 4.79 Å². The Labute approximate surface area is 117 Å². The Morgan fingerprint density at radius 2 is 1.89 bits per heavy atom. The van der Waals surface area contributed by atoms with Crippen LogP contribution in [0.1, 0.15) is 65.2 Å². The zero-order chi connectivity index (χ0) is 13.9. The first kappa shape index (κ1) is 14.8. The molecule has 0 amide bonds. The highest BCUT2D eigenvalue weighted by Crippen LogP contribution is 2.40. The number of aliphatic carboxylic acids is 1. The van der Waals surface area contributed by atoms with Crippen molar-refractivity contribution < 1.29 is 9.90 Å². The van der Waals surface area contributed by atoms with Gasteiger partial charge in [0.2, 0.25) is 0 Å². The van der Waals surface area contributed by atoms with Crippen molar-refractivity contribution in [1.82, 2.24) is 4.90 Å². The fraction of sp³-hybridized carbons (Fsp3) is 0.938. The van der Waals surface area contributed by atoms with Crippen LogP contribution in [-0.4, -0.2) is 34.6 Å². The Hall–Kier alpha value is -0.570. The highest BCUT2D eigenvalue weighted by atomic mass is 16.4. The number of hydrogen-bond donors (Lipinski definition) is 1. The second-order valence-corrected chi connectivity index (χ2v) is 6.92. The molecule has 2 fully saturated rings. The third kappa shape index (κ3) is 3.50. The standard InChI is InChI=1S/C16H29NO2/c1-13(2)14-6-5-8-16(9-7-14,12-15(18)19)17-10-3-4-11-17/h13-14H,3-12H2,1-2H3,(H,18,19). The summed E-state index contributed by atoms with van der Waals surface area (Å²) in [5.74, 6) is 0.910. The van der Waals surface area contributed by atoms with Crippen molar-refractivity contribution in [3.05, 3.63) is 0 Å². The van der Waals surface area contributed by atoms with E-state index < -0.39 is 5.97 Å². The summed E-state index contributed by atoms with van der Waals surface area (Å²) in [7, 11) is 0. The molecule has 1 heterocycles. The van der Waals surface area contributed by atoms with Crippen LogP contribution in [0.2, 0.25) is 0 Å². The molecular weight excluding hydrogens is 238 g/mol. The van der Waals surface area contributed by atoms with E-state index in [1.807, 2.05) is 0 Å². The second-order valence-electron chi connectivity index (χ2n) is 6.92. The molecule has 0 spiro atoms. The quantitative estimate of drug-likeness (QED) is 0.792. The molecule has 1 aliphatic carbocycles. The molecule has 0 aromatic heterocycles. The summed E-state index contributed by atoms with van der Waals surface area (Å²) in [5, 5.41) is 9.33. The number of nitrogens with zero attached hydrogens (tertiary/aromatic N) is 1. The summed E-state index contributed by atoms with van der Waals surface area (Å²) in [4.78, 5) is 13.8. The number of likely N-dealkylation sites (tertiary alicyclic amines) is 1. The molecule has 0 radical (unpaired) electrons. The summed E-state index contributed by atoms with van der Waals surface area (Å²) in [6, 6.07) is 0. The normalized spacial score (nSPS) is 33.5. The average molecular weight is 267 g/mol. The van der Waals surface area contributed by atoms with Crippen molar-refractivity contribution >= 4 is 5.97 Å². The molecule has 3 heteroatoms. The smallest absolute Gasteiger partial charge is 0.305 e. The summed E-state index contributed by atoms with van der Waals surface area (Å²) in [6.07, 6.45) is 8.70. The van der Waals surface area contributed by atoms with Gasteiger partial charge in [0.1, 0.15) is 0 Å². The van der Waals surface area contributed by atoms with Crippen molar-refractivity contribution in [2.45, 2.75) is 70.8 Å². The number of carbonyl (C=O) groups is 1. The minimum Gasteiger partial charge on any atom is -0.481 e. The number of hydrogen-bond acceptors (Lipinski definition) is 2. The van der Waals surface area contributed by atoms with Crippen LogP contribution in [0, 0.1) is 11.8 Å². The third-order valence-corrected chi connectivity index (χ3v) is 5.40. The van der Waals surface area contributed by atoms with Gasteiger partial charge in [0.25, 0.3) is 0 Å². The highest BCUT2D eigenvalue weighted by Gasteiger charge is 2.41. The summed E-state index contributed by atoms with van der Waals surface area (Å²) < 4.78 is 0. The lowest BCUT2D eigenvalue weighted by Gasteiger charge is -2.41. The van der Waals surface area contributed by atoms with E-state index >= 15 is 0 Å². The van der Waals surface area contributed by atoms with Crippen LogP contribution in [0.4, 0.5) is 0 Å². The maximum Gasteiger partial charge on any atom is 0.305 e. The minimum absolute atomic E-state index is 0.0357. The fourth-order valence-electron chi connectivity index (χ4n) is 4.16. The molecule has 0 aromatic carbocycles. The van der Waals surface area contributed by atoms with E-state index in [0.717, 1.165) is 37.8 Å². The lowest BCUT2D eigenvalue weighted by Crippen LogP contribution is -2.48. The fourth-order valence-corrected chi connectivity index (χ4v) is 4.16. The molecule has 1 saturated carbocycles. The maximum atomic E-state index is 11.3. The molecule has 0 aromatic rings. The molecular formula is C16H29NO2. The van der Waals surface area contributed by atoms with E-state index in [0.29, 0.717) is 6.42 Å². The van der Waals surface area contributed by atoms with Crippen LogP contribution in [0.25, 0.3) is 0 Å². The van der Waals surface area contributed by atoms with Crippen molar-refractivity contribution in [2.24, 2.45) is 11.8 Å². The van der Waals surface area contributed by atoms with Crippen LogP contribution in [0.15, 0.2) is 0 Å². The topological polar surface area (TPSA) is 40.5 Å². The van der Waals surface area contributed by atoms with Crippen LogP contribution < -0.4 is 0 Å². The Balaban J connectivity index is 2.11. The molecule has 2 unspecified atom stereocenters. The minimum atomic E-state index is -0.616. The number of rotatable bonds is 4. The molecule has 1 aliphatic heterocycles. The zero-order valence-electron chi connectivity index (χ0n) is 12.5. The van der Waals surface area contributed by atoms with Crippen LogP contribution in [0.3, 0.4) is 0 Å². The molecule has 1 N–H and O–H groups in total. The molecule has 110 valence electrons. The molecule has 2 atom stereocenters. The number of carboxylic acids is 1. The van der Waals surface area contributed by atoms with E-state index in [1.54, 1.807) is 0 Å². The van der Waals surface area contributed by atoms with Gasteiger partial charge in [0, 0.05) is 5.54 Å². The van der Waals surface area contributed by atoms with Crippen molar-refractivity contribution in [1.29, 1.82) is 0 Å². The second kappa shape index (κ2) is 6.25. The first-order valence-corrected chi connectivity index (χ1v) is 8.00. The van der Waals surface area contributed by atoms with Gasteiger partial charge in [-0.15, -0.1) is 0 Å². The average Bonchev–Trinajstić information content (AvgIpc) is 2.78. The van der Waals surface area contributed by atoms with Gasteiger partial charge < -0.3 is 5.11 Å². The Morgan fingerprint density at radius 3 is 2.47 bits per heavy atom. The first-order valence-electron chi connectivity index (χ1n) is 8.00. The van der Waals surface area contributed by atoms with Gasteiger partial charge in [-0.25, -0.2) is 0 Å². The monoisotopic (exact) mass is 267 g/mol. The lowest BCUT2D eigenvalue weighted by atomic mass is 9.83. The number of carboxylic acid groups (broad SMARTS) is 1. The van der Waals surface area contributed by atoms with Gasteiger partial charge >= 0.3 is 5.97 Å². The van der Waals surface area contributed by atoms with Crippen LogP contribution in [0.5, 0.6) is 0 Å². The van der Waals surface area contributed by atoms with Gasteiger partial charge in [-0.3, -0.25) is 9.69 Å². The van der Waals surface area contributed by atoms with E-state index in [-0.39, 0.29) is 5.54 Å². The van der Waals surface area contributed by atoms with Crippen molar-refractivity contribution in [3.8, 4) is 0 Å². The first-order chi connectivity index (χ1) is 9.03. The third-order valence-electron chi connectivity index (χ3n) is 5.40. The Kier molecular flexibility index (Phi) is 4.88. The SMILES string of the molecule is CC(C)C1CCCC(CC(=O)O)(N2CCCC2)CC1. The zero-order valence-corrected chi connectivity index (χ0v) is 12.5. The molecule has 19 heavy (non-hydrogen) atoms. The predicted octanol–water partition coefficient (Wildman–Crippen LogP) is 3.53. The van der Waals surface area contributed by atoms with E-state index in [9.17, 15) is 9.90 Å². The molecule has 3 nitrogen and oxygen atoms in total. The summed E-state index contributed by atoms with van der Waals surface area (Å²) in [5.41, 5.74) is -0.0357. The Morgan fingerprint density at radius 1 is 1.21 bits per heavy atom. The summed E-state index contributed by atoms with van der Waals surface area (Å²) in [6.45, 7) is 6.84. The van der Waals surface area contributed by atoms with Gasteiger partial charge in [0.05, 0.1) is 6.42 Å². The highest BCUT2D eigenvalue weighted by molar-refractivity contribution is 5.68. The largest absolute Gasteiger partial charge is 0.481 e. The molecule has 1 saturated heterocycles. The molecule has 2 rings (SSSR count). The Bertz CT molecular complexity index is 310. The van der Waals surface area contributed by atoms with Crippen LogP contribution >= 0.6 is 0 Å². The molecule has 2 aliphatic rings. The van der Waals surface area contributed by atoms with Gasteiger partial charge in [-0.05, 0) is 57.0 Å². The lowest BCUT2D eigenvalue weighted by molar-refractivity contribution is -0.140. The van der Waals surface area contributed by atoms with Crippen molar-refractivity contribution in [3.63, 3.8) is 0 Å². The molecule has 0 bridgehead atoms. The van der Waals surface area contributed by atoms with E-state index in [2.05, 4.69) is 18.7 Å². The summed E-state index contributed by atoms with van der Waals surface area (Å²) >= 11 is 0. The van der Waals surface area contributed by atoms with Gasteiger partial charge in [-0.2, -0.15) is 0 Å². The maximum absolute atomic E-state index is 11.3. The van der Waals surface area contributed by atoms with E-state index in [1.165, 1.54) is 32.1 Å². The van der Waals surface area contributed by atoms with Gasteiger partial charge in [0.15, 0.2) is 0 Å². The van der Waals surface area contributed by atoms with Gasteiger partial charge in [-0.1, -0.05) is 26.7 Å². The van der Waals surface area contributed by atoms with E-state index in [4.69, 9.17) is 0 Å².